The first-order valence-electron chi connectivity index (χ1n) is 5.64. The van der Waals surface area contributed by atoms with E-state index in [2.05, 4.69) is 15.6 Å². The quantitative estimate of drug-likeness (QED) is 0.668. The van der Waals surface area contributed by atoms with E-state index in [1.807, 2.05) is 25.2 Å². The molecule has 0 bridgehead atoms. The molecule has 4 nitrogen and oxygen atoms in total. The summed E-state index contributed by atoms with van der Waals surface area (Å²) in [5.74, 6) is 0.117. The first-order valence-corrected chi connectivity index (χ1v) is 5.64. The highest BCUT2D eigenvalue weighted by Gasteiger charge is 2.00. The largest absolute Gasteiger partial charge is 0.356 e. The summed E-state index contributed by atoms with van der Waals surface area (Å²) in [4.78, 5) is 15.5. The molecule has 0 saturated carbocycles. The van der Waals surface area contributed by atoms with E-state index in [9.17, 15) is 4.79 Å². The second kappa shape index (κ2) is 7.82. The molecular weight excluding hydrogens is 202 g/mol. The van der Waals surface area contributed by atoms with E-state index in [0.717, 1.165) is 25.1 Å². The Labute approximate surface area is 96.5 Å². The normalized spacial score (nSPS) is 10.1. The summed E-state index contributed by atoms with van der Waals surface area (Å²) >= 11 is 0. The van der Waals surface area contributed by atoms with Crippen molar-refractivity contribution >= 4 is 5.91 Å². The molecule has 0 aromatic carbocycles. The zero-order chi connectivity index (χ0) is 11.6. The molecule has 0 spiro atoms. The van der Waals surface area contributed by atoms with E-state index in [-0.39, 0.29) is 5.91 Å². The molecule has 0 atom stereocenters. The minimum absolute atomic E-state index is 0.117. The van der Waals surface area contributed by atoms with Crippen molar-refractivity contribution in [3.05, 3.63) is 30.1 Å². The third-order valence-electron chi connectivity index (χ3n) is 2.26. The van der Waals surface area contributed by atoms with Gasteiger partial charge in [-0.1, -0.05) is 6.07 Å². The molecular formula is C12H19N3O. The average Bonchev–Trinajstić information content (AvgIpc) is 2.31. The van der Waals surface area contributed by atoms with E-state index in [1.54, 1.807) is 6.20 Å². The van der Waals surface area contributed by atoms with Crippen molar-refractivity contribution in [3.63, 3.8) is 0 Å². The average molecular weight is 221 g/mol. The van der Waals surface area contributed by atoms with E-state index in [4.69, 9.17) is 0 Å². The SMILES string of the molecule is CNCCCC(=O)NCCc1ccccn1. The van der Waals surface area contributed by atoms with Crippen LogP contribution in [0.5, 0.6) is 0 Å². The Morgan fingerprint density at radius 3 is 2.94 bits per heavy atom. The van der Waals surface area contributed by atoms with Gasteiger partial charge < -0.3 is 10.6 Å². The predicted molar refractivity (Wildman–Crippen MR) is 64.1 cm³/mol. The van der Waals surface area contributed by atoms with Crippen LogP contribution < -0.4 is 10.6 Å². The Hall–Kier alpha value is -1.42. The number of carbonyl (C=O) groups is 1. The lowest BCUT2D eigenvalue weighted by Gasteiger charge is -2.04. The molecule has 2 N–H and O–H groups in total. The Morgan fingerprint density at radius 1 is 1.38 bits per heavy atom. The molecule has 0 fully saturated rings. The number of carbonyl (C=O) groups excluding carboxylic acids is 1. The van der Waals surface area contributed by atoms with Gasteiger partial charge in [-0.15, -0.1) is 0 Å². The van der Waals surface area contributed by atoms with Gasteiger partial charge in [-0.3, -0.25) is 9.78 Å². The van der Waals surface area contributed by atoms with Gasteiger partial charge in [0.05, 0.1) is 0 Å². The maximum absolute atomic E-state index is 11.3. The highest BCUT2D eigenvalue weighted by Crippen LogP contribution is 1.93. The third-order valence-corrected chi connectivity index (χ3v) is 2.26. The van der Waals surface area contributed by atoms with E-state index in [0.29, 0.717) is 13.0 Å². The van der Waals surface area contributed by atoms with Crippen LogP contribution in [0.25, 0.3) is 0 Å². The number of rotatable bonds is 7. The van der Waals surface area contributed by atoms with Crippen LogP contribution in [0.2, 0.25) is 0 Å². The molecule has 16 heavy (non-hydrogen) atoms. The number of hydrogen-bond acceptors (Lipinski definition) is 3. The number of aromatic nitrogens is 1. The van der Waals surface area contributed by atoms with Gasteiger partial charge in [-0.25, -0.2) is 0 Å². The Kier molecular flexibility index (Phi) is 6.18. The number of amides is 1. The zero-order valence-electron chi connectivity index (χ0n) is 9.70. The zero-order valence-corrected chi connectivity index (χ0v) is 9.70. The lowest BCUT2D eigenvalue weighted by molar-refractivity contribution is -0.121. The van der Waals surface area contributed by atoms with Crippen molar-refractivity contribution < 1.29 is 4.79 Å². The first kappa shape index (κ1) is 12.6. The number of nitrogens with zero attached hydrogens (tertiary/aromatic N) is 1. The molecule has 1 rings (SSSR count). The summed E-state index contributed by atoms with van der Waals surface area (Å²) in [6.07, 6.45) is 4.03. The molecule has 0 radical (unpaired) electrons. The second-order valence-electron chi connectivity index (χ2n) is 3.63. The number of nitrogens with one attached hydrogen (secondary N) is 2. The summed E-state index contributed by atoms with van der Waals surface area (Å²) < 4.78 is 0. The fourth-order valence-electron chi connectivity index (χ4n) is 1.39. The maximum Gasteiger partial charge on any atom is 0.220 e. The molecule has 0 saturated heterocycles. The summed E-state index contributed by atoms with van der Waals surface area (Å²) in [6.45, 7) is 1.54. The molecule has 0 unspecified atom stereocenters. The highest BCUT2D eigenvalue weighted by molar-refractivity contribution is 5.75. The van der Waals surface area contributed by atoms with Gasteiger partial charge in [0.2, 0.25) is 5.91 Å². The van der Waals surface area contributed by atoms with Crippen molar-refractivity contribution in [3.8, 4) is 0 Å². The lowest BCUT2D eigenvalue weighted by atomic mass is 10.2. The molecule has 1 aromatic heterocycles. The number of pyridine rings is 1. The van der Waals surface area contributed by atoms with Crippen molar-refractivity contribution in [2.45, 2.75) is 19.3 Å². The summed E-state index contributed by atoms with van der Waals surface area (Å²) in [5.41, 5.74) is 1.01. The van der Waals surface area contributed by atoms with Crippen LogP contribution in [0.1, 0.15) is 18.5 Å². The maximum atomic E-state index is 11.3. The molecule has 88 valence electrons. The summed E-state index contributed by atoms with van der Waals surface area (Å²) in [7, 11) is 1.89. The Balaban J connectivity index is 2.09. The second-order valence-corrected chi connectivity index (χ2v) is 3.63. The summed E-state index contributed by atoms with van der Waals surface area (Å²) in [5, 5.41) is 5.90. The topological polar surface area (TPSA) is 54.0 Å². The van der Waals surface area contributed by atoms with E-state index < -0.39 is 0 Å². The van der Waals surface area contributed by atoms with Gasteiger partial charge in [0.15, 0.2) is 0 Å². The lowest BCUT2D eigenvalue weighted by Crippen LogP contribution is -2.26. The minimum atomic E-state index is 0.117. The molecule has 0 aliphatic heterocycles. The molecule has 4 heteroatoms. The monoisotopic (exact) mass is 221 g/mol. The summed E-state index contributed by atoms with van der Waals surface area (Å²) in [6, 6.07) is 5.81. The van der Waals surface area contributed by atoms with E-state index in [1.165, 1.54) is 0 Å². The Bertz CT molecular complexity index is 300. The van der Waals surface area contributed by atoms with Crippen LogP contribution in [0.3, 0.4) is 0 Å². The fourth-order valence-corrected chi connectivity index (χ4v) is 1.39. The Morgan fingerprint density at radius 2 is 2.25 bits per heavy atom. The van der Waals surface area contributed by atoms with Gasteiger partial charge in [-0.05, 0) is 32.1 Å². The number of hydrogen-bond donors (Lipinski definition) is 2. The van der Waals surface area contributed by atoms with E-state index >= 15 is 0 Å². The van der Waals surface area contributed by atoms with Gasteiger partial charge in [0.1, 0.15) is 0 Å². The van der Waals surface area contributed by atoms with Crippen molar-refractivity contribution in [2.75, 3.05) is 20.1 Å². The predicted octanol–water partition coefficient (Wildman–Crippen LogP) is 0.740. The smallest absolute Gasteiger partial charge is 0.220 e. The van der Waals surface area contributed by atoms with Crippen LogP contribution in [-0.2, 0) is 11.2 Å². The standard InChI is InChI=1S/C12H19N3O/c1-13-8-4-6-12(16)15-10-7-11-5-2-3-9-14-11/h2-3,5,9,13H,4,6-8,10H2,1H3,(H,15,16). The van der Waals surface area contributed by atoms with Gasteiger partial charge in [0.25, 0.3) is 0 Å². The van der Waals surface area contributed by atoms with Crippen LogP contribution in [0.4, 0.5) is 0 Å². The molecule has 1 amide bonds. The van der Waals surface area contributed by atoms with Crippen molar-refractivity contribution in [1.82, 2.24) is 15.6 Å². The highest BCUT2D eigenvalue weighted by atomic mass is 16.1. The molecule has 1 heterocycles. The van der Waals surface area contributed by atoms with Gasteiger partial charge >= 0.3 is 0 Å². The van der Waals surface area contributed by atoms with Crippen molar-refractivity contribution in [1.29, 1.82) is 0 Å². The van der Waals surface area contributed by atoms with Crippen LogP contribution in [0.15, 0.2) is 24.4 Å². The molecule has 0 aliphatic rings. The molecule has 0 aliphatic carbocycles. The van der Waals surface area contributed by atoms with Crippen LogP contribution >= 0.6 is 0 Å². The fraction of sp³-hybridized carbons (Fsp3) is 0.500. The third kappa shape index (κ3) is 5.46. The van der Waals surface area contributed by atoms with Crippen LogP contribution in [0, 0.1) is 0 Å². The molecule has 1 aromatic rings. The van der Waals surface area contributed by atoms with Crippen molar-refractivity contribution in [2.24, 2.45) is 0 Å². The van der Waals surface area contributed by atoms with Gasteiger partial charge in [0, 0.05) is 31.3 Å². The van der Waals surface area contributed by atoms with Gasteiger partial charge in [-0.2, -0.15) is 0 Å². The van der Waals surface area contributed by atoms with Crippen LogP contribution in [-0.4, -0.2) is 31.0 Å². The minimum Gasteiger partial charge on any atom is -0.356 e. The first-order chi connectivity index (χ1) is 7.83.